The number of piperidine rings is 1. The van der Waals surface area contributed by atoms with Crippen molar-refractivity contribution in [2.75, 3.05) is 40.4 Å². The molecule has 2 saturated heterocycles. The van der Waals surface area contributed by atoms with Crippen molar-refractivity contribution >= 4 is 23.2 Å². The van der Waals surface area contributed by atoms with Crippen LogP contribution in [-0.2, 0) is 18.0 Å². The van der Waals surface area contributed by atoms with E-state index in [-0.39, 0.29) is 40.7 Å². The summed E-state index contributed by atoms with van der Waals surface area (Å²) in [6, 6.07) is 18.4. The maximum Gasteiger partial charge on any atom is 0.269 e. The largest absolute Gasteiger partial charge is 0.497 e. The molecule has 0 aromatic heterocycles. The maximum atomic E-state index is 13.0. The zero-order chi connectivity index (χ0) is 28.1. The predicted molar refractivity (Wildman–Crippen MR) is 154 cm³/mol. The molecule has 2 bridgehead atoms. The van der Waals surface area contributed by atoms with Gasteiger partial charge in [-0.15, -0.1) is 0 Å². The van der Waals surface area contributed by atoms with Crippen molar-refractivity contribution in [1.82, 2.24) is 10.2 Å². The van der Waals surface area contributed by atoms with Crippen LogP contribution in [0.25, 0.3) is 0 Å². The Morgan fingerprint density at radius 3 is 2.00 bits per heavy atom. The summed E-state index contributed by atoms with van der Waals surface area (Å²) in [4.78, 5) is 15.4. The highest BCUT2D eigenvalue weighted by Gasteiger charge is 2.43. The van der Waals surface area contributed by atoms with Gasteiger partial charge in [0, 0.05) is 24.1 Å². The molecular formula is C31H34ClN3O5. The lowest BCUT2D eigenvalue weighted by molar-refractivity contribution is -0.115. The van der Waals surface area contributed by atoms with Crippen LogP contribution in [0.2, 0.25) is 5.02 Å². The minimum absolute atomic E-state index is 0.117. The van der Waals surface area contributed by atoms with E-state index in [1.54, 1.807) is 26.4 Å². The summed E-state index contributed by atoms with van der Waals surface area (Å²) in [6.45, 7) is 4.20. The van der Waals surface area contributed by atoms with E-state index in [9.17, 15) is 4.79 Å². The number of hydrogen-bond acceptors (Lipinski definition) is 7. The molecule has 1 amide bonds. The number of fused-ring (bicyclic) bond motifs is 2. The third kappa shape index (κ3) is 6.18. The normalized spacial score (nSPS) is 19.2. The van der Waals surface area contributed by atoms with Crippen LogP contribution in [0.5, 0.6) is 23.0 Å². The fraction of sp³-hybridized carbons (Fsp3) is 0.355. The molecule has 0 radical (unpaired) electrons. The zero-order valence-corrected chi connectivity index (χ0v) is 23.6. The maximum absolute atomic E-state index is 13.0. The van der Waals surface area contributed by atoms with Gasteiger partial charge in [0.25, 0.3) is 5.91 Å². The molecule has 2 aliphatic rings. The summed E-state index contributed by atoms with van der Waals surface area (Å²) in [5.74, 6) is 1.75. The highest BCUT2D eigenvalue weighted by Crippen LogP contribution is 2.41. The molecule has 2 N–H and O–H groups in total. The lowest BCUT2D eigenvalue weighted by Crippen LogP contribution is -2.40. The highest BCUT2D eigenvalue weighted by atomic mass is 35.5. The zero-order valence-electron chi connectivity index (χ0n) is 22.8. The Morgan fingerprint density at radius 2 is 1.48 bits per heavy atom. The second kappa shape index (κ2) is 12.2. The van der Waals surface area contributed by atoms with Crippen molar-refractivity contribution < 1.29 is 23.7 Å². The Balaban J connectivity index is 1.33. The first kappa shape index (κ1) is 27.8. The number of benzene rings is 3. The Hall–Kier alpha value is -3.75. The summed E-state index contributed by atoms with van der Waals surface area (Å²) in [6.07, 6.45) is 2.15. The molecule has 0 saturated carbocycles. The third-order valence-electron chi connectivity index (χ3n) is 7.75. The van der Waals surface area contributed by atoms with Gasteiger partial charge in [0.2, 0.25) is 0 Å². The smallest absolute Gasteiger partial charge is 0.269 e. The van der Waals surface area contributed by atoms with E-state index in [0.29, 0.717) is 12.3 Å². The van der Waals surface area contributed by atoms with Crippen LogP contribution in [-0.4, -0.2) is 56.9 Å². The Bertz CT molecular complexity index is 1350. The van der Waals surface area contributed by atoms with Gasteiger partial charge in [0.1, 0.15) is 30.4 Å². The van der Waals surface area contributed by atoms with Gasteiger partial charge in [-0.2, -0.15) is 0 Å². The number of rotatable bonds is 12. The molecule has 0 unspecified atom stereocenters. The highest BCUT2D eigenvalue weighted by molar-refractivity contribution is 6.48. The van der Waals surface area contributed by atoms with E-state index >= 15 is 0 Å². The molecule has 2 heterocycles. The monoisotopic (exact) mass is 563 g/mol. The Kier molecular flexibility index (Phi) is 8.47. The summed E-state index contributed by atoms with van der Waals surface area (Å²) >= 11 is 6.81. The molecule has 2 aliphatic heterocycles. The Labute approximate surface area is 239 Å². The summed E-state index contributed by atoms with van der Waals surface area (Å²) < 4.78 is 22.7. The second-order valence-corrected chi connectivity index (χ2v) is 10.7. The number of nitrogens with one attached hydrogen (secondary N) is 2. The number of hydrogen-bond donors (Lipinski definition) is 2. The number of nitrogens with zero attached hydrogens (tertiary/aromatic N) is 1. The van der Waals surface area contributed by atoms with Crippen LogP contribution in [0.15, 0.2) is 60.7 Å². The van der Waals surface area contributed by atoms with E-state index in [1.807, 2.05) is 48.5 Å². The van der Waals surface area contributed by atoms with Gasteiger partial charge in [-0.1, -0.05) is 35.9 Å². The fourth-order valence-electron chi connectivity index (χ4n) is 5.27. The lowest BCUT2D eigenvalue weighted by Gasteiger charge is -2.25. The van der Waals surface area contributed by atoms with Crippen LogP contribution < -0.4 is 24.3 Å². The molecule has 0 spiro atoms. The number of carbonyl (C=O) groups excluding carboxylic acids is 1. The first-order chi connectivity index (χ1) is 19.4. The molecule has 8 nitrogen and oxygen atoms in total. The summed E-state index contributed by atoms with van der Waals surface area (Å²) in [5, 5.41) is 11.8. The lowest BCUT2D eigenvalue weighted by atomic mass is 9.84. The topological polar surface area (TPSA) is 93.1 Å². The molecule has 3 aromatic carbocycles. The van der Waals surface area contributed by atoms with Gasteiger partial charge in [-0.05, 0) is 73.5 Å². The van der Waals surface area contributed by atoms with E-state index in [4.69, 9.17) is 36.0 Å². The van der Waals surface area contributed by atoms with Gasteiger partial charge in [-0.25, -0.2) is 0 Å². The summed E-state index contributed by atoms with van der Waals surface area (Å²) in [7, 11) is 3.24. The van der Waals surface area contributed by atoms with Crippen LogP contribution in [0.3, 0.4) is 0 Å². The average molecular weight is 564 g/mol. The van der Waals surface area contributed by atoms with Gasteiger partial charge < -0.3 is 29.2 Å². The number of ether oxygens (including phenoxy) is 4. The minimum Gasteiger partial charge on any atom is -0.497 e. The van der Waals surface area contributed by atoms with Gasteiger partial charge in [0.05, 0.1) is 19.2 Å². The van der Waals surface area contributed by atoms with Crippen molar-refractivity contribution in [2.45, 2.75) is 26.1 Å². The van der Waals surface area contributed by atoms with Crippen molar-refractivity contribution in [1.29, 1.82) is 5.41 Å². The predicted octanol–water partition coefficient (Wildman–Crippen LogP) is 5.10. The van der Waals surface area contributed by atoms with Crippen LogP contribution in [0, 0.1) is 10.8 Å². The fourth-order valence-corrected chi connectivity index (χ4v) is 5.57. The molecule has 2 fully saturated rings. The molecule has 0 aliphatic carbocycles. The second-order valence-electron chi connectivity index (χ2n) is 10.4. The minimum atomic E-state index is -0.449. The molecule has 40 heavy (non-hydrogen) atoms. The van der Waals surface area contributed by atoms with Crippen molar-refractivity contribution in [2.24, 2.45) is 5.41 Å². The van der Waals surface area contributed by atoms with E-state index in [0.717, 1.165) is 55.1 Å². The molecule has 3 aromatic rings. The van der Waals surface area contributed by atoms with E-state index < -0.39 is 5.91 Å². The third-order valence-corrected chi connectivity index (χ3v) is 8.13. The van der Waals surface area contributed by atoms with E-state index in [1.165, 1.54) is 0 Å². The number of methoxy groups -OCH3 is 2. The molecule has 5 rings (SSSR count). The van der Waals surface area contributed by atoms with Gasteiger partial charge in [0.15, 0.2) is 11.5 Å². The van der Waals surface area contributed by atoms with Crippen molar-refractivity contribution in [3.8, 4) is 23.0 Å². The number of carbonyl (C=O) groups is 1. The average Bonchev–Trinajstić information content (AvgIpc) is 3.60. The quantitative estimate of drug-likeness (QED) is 0.298. The Morgan fingerprint density at radius 1 is 0.900 bits per heavy atom. The molecule has 9 heteroatoms. The van der Waals surface area contributed by atoms with Crippen LogP contribution >= 0.6 is 11.6 Å². The molecular weight excluding hydrogens is 530 g/mol. The van der Waals surface area contributed by atoms with Crippen molar-refractivity contribution in [3.63, 3.8) is 0 Å². The number of halogens is 1. The van der Waals surface area contributed by atoms with Crippen LogP contribution in [0.1, 0.15) is 29.5 Å². The molecule has 210 valence electrons. The SMILES string of the molecule is COc1ccc(COc2ccc(C(=N)C(=O)NCC34CCN(CC3)C4)c(Cl)c2OCc2ccc(OC)cc2)cc1. The van der Waals surface area contributed by atoms with Gasteiger partial charge in [-0.3, -0.25) is 10.2 Å². The summed E-state index contributed by atoms with van der Waals surface area (Å²) in [5.41, 5.74) is 2.04. The molecule has 0 atom stereocenters. The van der Waals surface area contributed by atoms with Gasteiger partial charge >= 0.3 is 0 Å². The van der Waals surface area contributed by atoms with Crippen LogP contribution in [0.4, 0.5) is 0 Å². The van der Waals surface area contributed by atoms with E-state index in [2.05, 4.69) is 10.2 Å². The van der Waals surface area contributed by atoms with Crippen molar-refractivity contribution in [3.05, 3.63) is 82.4 Å². The first-order valence-corrected chi connectivity index (χ1v) is 13.7. The standard InChI is InChI=1S/C31H34ClN3O5/c1-37-23-7-3-21(4-8-23)17-39-26-12-11-25(27(32)29(26)40-18-22-5-9-24(38-2)10-6-22)28(33)30(36)34-19-31-13-15-35(20-31)16-14-31/h3-12,33H,13-20H2,1-2H3,(H,34,36). The number of amides is 1. The first-order valence-electron chi connectivity index (χ1n) is 13.3.